The summed E-state index contributed by atoms with van der Waals surface area (Å²) in [4.78, 5) is 16.7. The van der Waals surface area contributed by atoms with E-state index in [9.17, 15) is 4.79 Å². The number of morpholine rings is 1. The molecule has 3 heterocycles. The summed E-state index contributed by atoms with van der Waals surface area (Å²) in [6, 6.07) is 7.69. The third-order valence-electron chi connectivity index (χ3n) is 4.31. The van der Waals surface area contributed by atoms with Crippen molar-refractivity contribution in [2.45, 2.75) is 12.6 Å². The third kappa shape index (κ3) is 3.42. The Labute approximate surface area is 154 Å². The number of anilines is 1. The van der Waals surface area contributed by atoms with Crippen molar-refractivity contribution < 1.29 is 14.3 Å². The molecular weight excluding hydrogens is 364 g/mol. The maximum absolute atomic E-state index is 12.8. The Balaban J connectivity index is 1.57. The van der Waals surface area contributed by atoms with Crippen LogP contribution in [0, 0.1) is 0 Å². The largest absolute Gasteiger partial charge is 0.477 e. The van der Waals surface area contributed by atoms with Gasteiger partial charge in [-0.15, -0.1) is 5.10 Å². The number of ether oxygens (including phenoxy) is 2. The molecule has 1 amide bonds. The van der Waals surface area contributed by atoms with E-state index in [2.05, 4.69) is 14.5 Å². The Morgan fingerprint density at radius 1 is 1.32 bits per heavy atom. The van der Waals surface area contributed by atoms with Gasteiger partial charge in [-0.2, -0.15) is 0 Å². The van der Waals surface area contributed by atoms with Crippen LogP contribution in [0.4, 0.5) is 5.69 Å². The highest BCUT2D eigenvalue weighted by molar-refractivity contribution is 7.10. The fourth-order valence-corrected chi connectivity index (χ4v) is 3.66. The molecule has 9 heteroatoms. The lowest BCUT2D eigenvalue weighted by Crippen LogP contribution is -2.52. The van der Waals surface area contributed by atoms with Crippen LogP contribution in [0.1, 0.15) is 5.69 Å². The average Bonchev–Trinajstić information content (AvgIpc) is 3.06. The third-order valence-corrected chi connectivity index (χ3v) is 5.29. The van der Waals surface area contributed by atoms with Crippen molar-refractivity contribution in [2.24, 2.45) is 0 Å². The van der Waals surface area contributed by atoms with E-state index < -0.39 is 6.10 Å². The second-order valence-electron chi connectivity index (χ2n) is 5.89. The quantitative estimate of drug-likeness (QED) is 0.809. The lowest BCUT2D eigenvalue weighted by atomic mass is 10.1. The number of hydrogen-bond donors (Lipinski definition) is 0. The van der Waals surface area contributed by atoms with Crippen LogP contribution >= 0.6 is 23.1 Å². The summed E-state index contributed by atoms with van der Waals surface area (Å²) in [5.74, 6) is 0.685. The van der Waals surface area contributed by atoms with Crippen LogP contribution in [-0.4, -0.2) is 59.3 Å². The van der Waals surface area contributed by atoms with Crippen LogP contribution in [0.5, 0.6) is 5.75 Å². The molecule has 1 atom stereocenters. The van der Waals surface area contributed by atoms with Crippen molar-refractivity contribution in [2.75, 3.05) is 37.7 Å². The highest BCUT2D eigenvalue weighted by atomic mass is 35.5. The highest BCUT2D eigenvalue weighted by Gasteiger charge is 2.34. The molecule has 0 unspecified atom stereocenters. The summed E-state index contributed by atoms with van der Waals surface area (Å²) in [5, 5.41) is 4.08. The predicted octanol–water partition coefficient (Wildman–Crippen LogP) is 1.82. The fraction of sp³-hybridized carbons (Fsp3) is 0.438. The van der Waals surface area contributed by atoms with Gasteiger partial charge in [0.2, 0.25) is 0 Å². The van der Waals surface area contributed by atoms with Crippen molar-refractivity contribution in [3.05, 3.63) is 34.3 Å². The minimum atomic E-state index is -0.557. The van der Waals surface area contributed by atoms with Crippen molar-refractivity contribution in [3.8, 4) is 5.75 Å². The number of halogens is 1. The summed E-state index contributed by atoms with van der Waals surface area (Å²) in [6.45, 7) is 3.27. The van der Waals surface area contributed by atoms with E-state index in [-0.39, 0.29) is 5.91 Å². The first kappa shape index (κ1) is 16.6. The average molecular weight is 381 g/mol. The van der Waals surface area contributed by atoms with Gasteiger partial charge in [0.05, 0.1) is 32.0 Å². The summed E-state index contributed by atoms with van der Waals surface area (Å²) < 4.78 is 15.8. The zero-order valence-electron chi connectivity index (χ0n) is 13.4. The Hall–Kier alpha value is -1.90. The van der Waals surface area contributed by atoms with Crippen LogP contribution < -0.4 is 9.64 Å². The number of para-hydroxylation sites is 2. The second kappa shape index (κ2) is 7.15. The van der Waals surface area contributed by atoms with Gasteiger partial charge in [0.1, 0.15) is 15.8 Å². The molecule has 1 saturated heterocycles. The summed E-state index contributed by atoms with van der Waals surface area (Å²) in [5.41, 5.74) is 1.64. The molecule has 132 valence electrons. The second-order valence-corrected chi connectivity index (χ2v) is 7.24. The van der Waals surface area contributed by atoms with E-state index in [1.165, 1.54) is 0 Å². The van der Waals surface area contributed by atoms with Crippen LogP contribution in [0.15, 0.2) is 24.3 Å². The Morgan fingerprint density at radius 2 is 2.12 bits per heavy atom. The molecule has 0 bridgehead atoms. The van der Waals surface area contributed by atoms with Gasteiger partial charge in [0, 0.05) is 24.6 Å². The molecule has 0 spiro atoms. The molecular formula is C16H17ClN4O3S. The van der Waals surface area contributed by atoms with Gasteiger partial charge >= 0.3 is 0 Å². The first-order valence-electron chi connectivity index (χ1n) is 8.06. The summed E-state index contributed by atoms with van der Waals surface area (Å²) in [6.07, 6.45) is -0.557. The van der Waals surface area contributed by atoms with Crippen molar-refractivity contribution in [1.82, 2.24) is 14.5 Å². The monoisotopic (exact) mass is 380 g/mol. The van der Waals surface area contributed by atoms with Crippen molar-refractivity contribution in [1.29, 1.82) is 0 Å². The molecule has 2 aromatic rings. The molecule has 2 aliphatic rings. The standard InChI is InChI=1S/C16H17ClN4O3S/c17-15-11(18-19-25-15)9-21-10-14(16(22)20-5-7-23-8-6-20)24-13-4-2-1-3-12(13)21/h1-4,14H,5-10H2/t14-/m1/s1. The number of carbonyl (C=O) groups is 1. The number of hydrogen-bond acceptors (Lipinski definition) is 7. The number of carbonyl (C=O) groups excluding carboxylic acids is 1. The Morgan fingerprint density at radius 3 is 2.88 bits per heavy atom. The molecule has 0 saturated carbocycles. The topological polar surface area (TPSA) is 67.8 Å². The minimum Gasteiger partial charge on any atom is -0.477 e. The smallest absolute Gasteiger partial charge is 0.265 e. The molecule has 25 heavy (non-hydrogen) atoms. The molecule has 1 aromatic carbocycles. The van der Waals surface area contributed by atoms with Crippen LogP contribution in [0.25, 0.3) is 0 Å². The predicted molar refractivity (Wildman–Crippen MR) is 94.2 cm³/mol. The fourth-order valence-electron chi connectivity index (χ4n) is 3.04. The SMILES string of the molecule is O=C([C@H]1CN(Cc2nnsc2Cl)c2ccccc2O1)N1CCOCC1. The van der Waals surface area contributed by atoms with Crippen LogP contribution in [-0.2, 0) is 16.1 Å². The van der Waals surface area contributed by atoms with Gasteiger partial charge < -0.3 is 19.3 Å². The Kier molecular flexibility index (Phi) is 4.74. The van der Waals surface area contributed by atoms with Crippen molar-refractivity contribution >= 4 is 34.7 Å². The zero-order valence-corrected chi connectivity index (χ0v) is 15.0. The number of aromatic nitrogens is 2. The summed E-state index contributed by atoms with van der Waals surface area (Å²) >= 11 is 7.31. The first-order chi connectivity index (χ1) is 12.2. The van der Waals surface area contributed by atoms with Crippen LogP contribution in [0.3, 0.4) is 0 Å². The summed E-state index contributed by atoms with van der Waals surface area (Å²) in [7, 11) is 0. The molecule has 1 aromatic heterocycles. The maximum Gasteiger partial charge on any atom is 0.265 e. The lowest BCUT2D eigenvalue weighted by molar-refractivity contribution is -0.142. The molecule has 4 rings (SSSR count). The van der Waals surface area contributed by atoms with E-state index in [0.717, 1.165) is 17.2 Å². The van der Waals surface area contributed by atoms with E-state index in [0.29, 0.717) is 55.2 Å². The Bertz CT molecular complexity index is 765. The first-order valence-corrected chi connectivity index (χ1v) is 9.21. The maximum atomic E-state index is 12.8. The minimum absolute atomic E-state index is 0.00898. The molecule has 0 N–H and O–H groups in total. The van der Waals surface area contributed by atoms with Gasteiger partial charge in [-0.25, -0.2) is 0 Å². The van der Waals surface area contributed by atoms with Gasteiger partial charge in [-0.05, 0) is 12.1 Å². The number of fused-ring (bicyclic) bond motifs is 1. The zero-order chi connectivity index (χ0) is 17.2. The number of nitrogens with zero attached hydrogens (tertiary/aromatic N) is 4. The number of rotatable bonds is 3. The molecule has 2 aliphatic heterocycles. The van der Waals surface area contributed by atoms with E-state index in [4.69, 9.17) is 21.1 Å². The molecule has 0 radical (unpaired) electrons. The van der Waals surface area contributed by atoms with E-state index in [1.807, 2.05) is 24.3 Å². The van der Waals surface area contributed by atoms with E-state index >= 15 is 0 Å². The normalized spacial score (nSPS) is 20.1. The number of amides is 1. The molecule has 7 nitrogen and oxygen atoms in total. The van der Waals surface area contributed by atoms with Gasteiger partial charge in [0.15, 0.2) is 6.10 Å². The van der Waals surface area contributed by atoms with Gasteiger partial charge in [-0.1, -0.05) is 28.2 Å². The van der Waals surface area contributed by atoms with Gasteiger partial charge in [-0.3, -0.25) is 4.79 Å². The molecule has 0 aliphatic carbocycles. The van der Waals surface area contributed by atoms with Crippen molar-refractivity contribution in [3.63, 3.8) is 0 Å². The van der Waals surface area contributed by atoms with E-state index in [1.54, 1.807) is 4.90 Å². The highest BCUT2D eigenvalue weighted by Crippen LogP contribution is 2.35. The van der Waals surface area contributed by atoms with Crippen LogP contribution in [0.2, 0.25) is 4.34 Å². The lowest BCUT2D eigenvalue weighted by Gasteiger charge is -2.38. The van der Waals surface area contributed by atoms with Gasteiger partial charge in [0.25, 0.3) is 5.91 Å². The molecule has 1 fully saturated rings. The number of benzene rings is 1.